The summed E-state index contributed by atoms with van der Waals surface area (Å²) in [5.41, 5.74) is 8.09. The molecule has 2 aromatic rings. The summed E-state index contributed by atoms with van der Waals surface area (Å²) >= 11 is 0. The van der Waals surface area contributed by atoms with Gasteiger partial charge in [-0.25, -0.2) is 4.79 Å². The summed E-state index contributed by atoms with van der Waals surface area (Å²) in [4.78, 5) is 11.6. The topological polar surface area (TPSA) is 67.1 Å². The number of carbonyl (C=O) groups excluding carboxylic acids is 1. The van der Waals surface area contributed by atoms with E-state index in [2.05, 4.69) is 10.6 Å². The molecule has 0 aliphatic carbocycles. The van der Waals surface area contributed by atoms with Crippen LogP contribution in [0.5, 0.6) is 0 Å². The zero-order chi connectivity index (χ0) is 12.8. The van der Waals surface area contributed by atoms with Crippen molar-refractivity contribution < 1.29 is 4.79 Å². The molecule has 2 amide bonds. The van der Waals surface area contributed by atoms with Crippen molar-refractivity contribution in [1.82, 2.24) is 5.32 Å². The first kappa shape index (κ1) is 12.0. The summed E-state index contributed by atoms with van der Waals surface area (Å²) in [5, 5.41) is 5.51. The van der Waals surface area contributed by atoms with E-state index in [1.165, 1.54) is 0 Å². The molecule has 0 bridgehead atoms. The Hall–Kier alpha value is -2.49. The highest BCUT2D eigenvalue weighted by Crippen LogP contribution is 2.07. The van der Waals surface area contributed by atoms with E-state index >= 15 is 0 Å². The van der Waals surface area contributed by atoms with Gasteiger partial charge in [0.1, 0.15) is 0 Å². The van der Waals surface area contributed by atoms with Crippen LogP contribution in [0.3, 0.4) is 0 Å². The maximum atomic E-state index is 11.6. The van der Waals surface area contributed by atoms with E-state index in [1.54, 1.807) is 0 Å². The number of hydrogen-bond donors (Lipinski definition) is 3. The van der Waals surface area contributed by atoms with Gasteiger partial charge in [-0.1, -0.05) is 30.3 Å². The highest BCUT2D eigenvalue weighted by Gasteiger charge is 2.01. The van der Waals surface area contributed by atoms with Crippen molar-refractivity contribution in [3.05, 3.63) is 60.2 Å². The molecule has 0 saturated heterocycles. The van der Waals surface area contributed by atoms with Crippen LogP contribution < -0.4 is 16.4 Å². The Bertz CT molecular complexity index is 526. The molecule has 0 aromatic heterocycles. The van der Waals surface area contributed by atoms with E-state index in [-0.39, 0.29) is 6.03 Å². The molecule has 18 heavy (non-hydrogen) atoms. The third kappa shape index (κ3) is 3.52. The number of nitrogen functional groups attached to an aromatic ring is 1. The minimum absolute atomic E-state index is 0.233. The minimum Gasteiger partial charge on any atom is -0.399 e. The number of carbonyl (C=O) groups is 1. The molecule has 0 spiro atoms. The minimum atomic E-state index is -0.233. The number of urea groups is 1. The van der Waals surface area contributed by atoms with Crippen LogP contribution in [0.2, 0.25) is 0 Å². The van der Waals surface area contributed by atoms with E-state index in [4.69, 9.17) is 5.73 Å². The third-order valence-corrected chi connectivity index (χ3v) is 2.44. The zero-order valence-electron chi connectivity index (χ0n) is 9.89. The van der Waals surface area contributed by atoms with Crippen molar-refractivity contribution in [2.75, 3.05) is 11.1 Å². The molecule has 0 radical (unpaired) electrons. The van der Waals surface area contributed by atoms with E-state index in [0.29, 0.717) is 12.2 Å². The highest BCUT2D eigenvalue weighted by molar-refractivity contribution is 5.89. The van der Waals surface area contributed by atoms with Gasteiger partial charge in [-0.3, -0.25) is 0 Å². The second kappa shape index (κ2) is 5.72. The predicted molar refractivity (Wildman–Crippen MR) is 73.2 cm³/mol. The van der Waals surface area contributed by atoms with Crippen LogP contribution in [0.25, 0.3) is 0 Å². The van der Waals surface area contributed by atoms with Crippen LogP contribution in [-0.4, -0.2) is 6.03 Å². The molecule has 4 heteroatoms. The van der Waals surface area contributed by atoms with Crippen LogP contribution in [0.1, 0.15) is 5.56 Å². The van der Waals surface area contributed by atoms with E-state index in [1.807, 2.05) is 54.6 Å². The monoisotopic (exact) mass is 241 g/mol. The van der Waals surface area contributed by atoms with Gasteiger partial charge in [0.2, 0.25) is 0 Å². The van der Waals surface area contributed by atoms with Crippen molar-refractivity contribution >= 4 is 17.4 Å². The Balaban J connectivity index is 1.85. The highest BCUT2D eigenvalue weighted by atomic mass is 16.2. The fourth-order valence-corrected chi connectivity index (χ4v) is 1.58. The maximum absolute atomic E-state index is 11.6. The second-order valence-corrected chi connectivity index (χ2v) is 3.92. The lowest BCUT2D eigenvalue weighted by molar-refractivity contribution is 0.251. The first-order chi connectivity index (χ1) is 8.74. The molecule has 0 heterocycles. The predicted octanol–water partition coefficient (Wildman–Crippen LogP) is 2.59. The summed E-state index contributed by atoms with van der Waals surface area (Å²) in [6.45, 7) is 0.448. The van der Waals surface area contributed by atoms with Gasteiger partial charge in [0, 0.05) is 17.9 Å². The lowest BCUT2D eigenvalue weighted by Gasteiger charge is -2.07. The molecule has 0 atom stereocenters. The van der Waals surface area contributed by atoms with Gasteiger partial charge in [-0.2, -0.15) is 0 Å². The lowest BCUT2D eigenvalue weighted by Crippen LogP contribution is -2.28. The van der Waals surface area contributed by atoms with Gasteiger partial charge in [0.05, 0.1) is 0 Å². The molecule has 0 fully saturated rings. The lowest BCUT2D eigenvalue weighted by atomic mass is 10.2. The molecule has 2 rings (SSSR count). The Kier molecular flexibility index (Phi) is 3.81. The maximum Gasteiger partial charge on any atom is 0.319 e. The first-order valence-electron chi connectivity index (χ1n) is 5.68. The molecule has 4 N–H and O–H groups in total. The summed E-state index contributed by atoms with van der Waals surface area (Å²) < 4.78 is 0. The molecule has 0 aliphatic heterocycles. The number of rotatable bonds is 3. The number of nitrogens with two attached hydrogens (primary N) is 1. The quantitative estimate of drug-likeness (QED) is 0.723. The number of para-hydroxylation sites is 1. The standard InChI is InChI=1S/C14H15N3O/c15-12-6-4-5-11(9-12)10-16-14(18)17-13-7-2-1-3-8-13/h1-9H,10,15H2,(H2,16,17,18). The van der Waals surface area contributed by atoms with Crippen molar-refractivity contribution in [1.29, 1.82) is 0 Å². The van der Waals surface area contributed by atoms with Gasteiger partial charge in [0.25, 0.3) is 0 Å². The number of hydrogen-bond acceptors (Lipinski definition) is 2. The van der Waals surface area contributed by atoms with Crippen LogP contribution in [0.15, 0.2) is 54.6 Å². The summed E-state index contributed by atoms with van der Waals surface area (Å²) in [5.74, 6) is 0. The van der Waals surface area contributed by atoms with Crippen LogP contribution >= 0.6 is 0 Å². The van der Waals surface area contributed by atoms with Gasteiger partial charge in [-0.05, 0) is 29.8 Å². The van der Waals surface area contributed by atoms with Crippen molar-refractivity contribution in [2.24, 2.45) is 0 Å². The molecule has 0 unspecified atom stereocenters. The zero-order valence-corrected chi connectivity index (χ0v) is 9.89. The number of anilines is 2. The van der Waals surface area contributed by atoms with E-state index in [0.717, 1.165) is 11.3 Å². The molecule has 2 aromatic carbocycles. The Labute approximate surface area is 106 Å². The van der Waals surface area contributed by atoms with Gasteiger partial charge >= 0.3 is 6.03 Å². The van der Waals surface area contributed by atoms with Crippen LogP contribution in [-0.2, 0) is 6.54 Å². The van der Waals surface area contributed by atoms with Crippen molar-refractivity contribution in [3.63, 3.8) is 0 Å². The number of nitrogens with one attached hydrogen (secondary N) is 2. The van der Waals surface area contributed by atoms with Gasteiger partial charge < -0.3 is 16.4 Å². The van der Waals surface area contributed by atoms with E-state index < -0.39 is 0 Å². The SMILES string of the molecule is Nc1cccc(CNC(=O)Nc2ccccc2)c1. The first-order valence-corrected chi connectivity index (χ1v) is 5.68. The molecule has 0 aliphatic rings. The Morgan fingerprint density at radius 2 is 1.83 bits per heavy atom. The Morgan fingerprint density at radius 1 is 1.06 bits per heavy atom. The molecule has 0 saturated carbocycles. The summed E-state index contributed by atoms with van der Waals surface area (Å²) in [7, 11) is 0. The van der Waals surface area contributed by atoms with Crippen molar-refractivity contribution in [2.45, 2.75) is 6.54 Å². The molecular weight excluding hydrogens is 226 g/mol. The average molecular weight is 241 g/mol. The fraction of sp³-hybridized carbons (Fsp3) is 0.0714. The number of benzene rings is 2. The summed E-state index contributed by atoms with van der Waals surface area (Å²) in [6, 6.07) is 16.5. The normalized spacial score (nSPS) is 9.78. The second-order valence-electron chi connectivity index (χ2n) is 3.92. The van der Waals surface area contributed by atoms with Crippen LogP contribution in [0, 0.1) is 0 Å². The largest absolute Gasteiger partial charge is 0.399 e. The molecular formula is C14H15N3O. The molecule has 4 nitrogen and oxygen atoms in total. The average Bonchev–Trinajstić information content (AvgIpc) is 2.38. The van der Waals surface area contributed by atoms with Crippen molar-refractivity contribution in [3.8, 4) is 0 Å². The van der Waals surface area contributed by atoms with Crippen LogP contribution in [0.4, 0.5) is 16.2 Å². The molecule has 92 valence electrons. The smallest absolute Gasteiger partial charge is 0.319 e. The third-order valence-electron chi connectivity index (χ3n) is 2.44. The number of amides is 2. The van der Waals surface area contributed by atoms with Gasteiger partial charge in [-0.15, -0.1) is 0 Å². The van der Waals surface area contributed by atoms with Gasteiger partial charge in [0.15, 0.2) is 0 Å². The fourth-order valence-electron chi connectivity index (χ4n) is 1.58. The Morgan fingerprint density at radius 3 is 2.56 bits per heavy atom. The summed E-state index contributed by atoms with van der Waals surface area (Å²) in [6.07, 6.45) is 0. The van der Waals surface area contributed by atoms with E-state index in [9.17, 15) is 4.79 Å².